The van der Waals surface area contributed by atoms with Crippen LogP contribution in [-0.4, -0.2) is 106 Å². The Labute approximate surface area is 234 Å². The summed E-state index contributed by atoms with van der Waals surface area (Å²) in [5.74, 6) is -3.77. The summed E-state index contributed by atoms with van der Waals surface area (Å²) in [7, 11) is -3.63. The smallest absolute Gasteiger partial charge is 0.353 e. The van der Waals surface area contributed by atoms with Crippen LogP contribution in [0.2, 0.25) is 0 Å². The molecule has 4 rings (SSSR count). The van der Waals surface area contributed by atoms with Gasteiger partial charge in [-0.15, -0.1) is 11.3 Å². The third-order valence-corrected chi connectivity index (χ3v) is 7.62. The van der Waals surface area contributed by atoms with Crippen LogP contribution in [0.25, 0.3) is 0 Å². The normalized spacial score (nSPS) is 17.2. The highest BCUT2D eigenvalue weighted by molar-refractivity contribution is 7.88. The highest BCUT2D eigenvalue weighted by Gasteiger charge is 2.45. The van der Waals surface area contributed by atoms with Gasteiger partial charge >= 0.3 is 22.3 Å². The minimum absolute atomic E-state index is 0.0843. The van der Waals surface area contributed by atoms with E-state index < -0.39 is 70.6 Å². The largest absolute Gasteiger partial charge is 0.504 e. The number of β-lactam (4-membered cyclic amide) rings is 1. The van der Waals surface area contributed by atoms with Gasteiger partial charge in [0.25, 0.3) is 17.7 Å². The number of urea groups is 2. The van der Waals surface area contributed by atoms with E-state index in [2.05, 4.69) is 25.7 Å². The molecule has 1 atom stereocenters. The molecule has 0 aliphatic carbocycles. The molecule has 0 unspecified atom stereocenters. The molecule has 7 N–H and O–H groups in total. The van der Waals surface area contributed by atoms with Crippen molar-refractivity contribution in [3.05, 3.63) is 34.8 Å². The second-order valence-corrected chi connectivity index (χ2v) is 10.7. The fourth-order valence-corrected chi connectivity index (χ4v) is 5.17. The number of likely N-dealkylation sites (tertiary alicyclic amines) is 1. The van der Waals surface area contributed by atoms with E-state index in [9.17, 15) is 42.6 Å². The number of thiazole rings is 1. The fourth-order valence-electron chi connectivity index (χ4n) is 3.55. The van der Waals surface area contributed by atoms with Gasteiger partial charge in [0.05, 0.1) is 19.6 Å². The summed E-state index contributed by atoms with van der Waals surface area (Å²) in [5.41, 5.74) is 7.36. The van der Waals surface area contributed by atoms with Gasteiger partial charge in [-0.05, 0) is 18.2 Å². The summed E-state index contributed by atoms with van der Waals surface area (Å²) < 4.78 is 27.2. The number of carbonyl (C=O) groups excluding carboxylic acids is 5. The van der Waals surface area contributed by atoms with Crippen LogP contribution in [0, 0.1) is 0 Å². The molecule has 2 aliphatic heterocycles. The van der Waals surface area contributed by atoms with E-state index in [-0.39, 0.29) is 33.0 Å². The zero-order valence-electron chi connectivity index (χ0n) is 20.8. The summed E-state index contributed by atoms with van der Waals surface area (Å²) in [6.07, 6.45) is 0. The molecule has 3 heterocycles. The van der Waals surface area contributed by atoms with Crippen LogP contribution in [0.3, 0.4) is 0 Å². The first kappa shape index (κ1) is 28.8. The van der Waals surface area contributed by atoms with E-state index in [1.807, 2.05) is 0 Å². The first-order valence-corrected chi connectivity index (χ1v) is 13.6. The van der Waals surface area contributed by atoms with Gasteiger partial charge in [-0.25, -0.2) is 28.6 Å². The van der Waals surface area contributed by atoms with Crippen molar-refractivity contribution in [3.8, 4) is 11.5 Å². The number of nitrogens with zero attached hydrogens (tertiary/aromatic N) is 5. The molecule has 21 heteroatoms. The number of phenolic OH excluding ortho intramolecular Hbond substituents is 2. The number of anilines is 1. The summed E-state index contributed by atoms with van der Waals surface area (Å²) in [4.78, 5) is 71.5. The topological polar surface area (TPSA) is 266 Å². The number of nitrogens with two attached hydrogens (primary N) is 1. The molecule has 1 aromatic carbocycles. The Balaban J connectivity index is 1.32. The van der Waals surface area contributed by atoms with E-state index in [0.717, 1.165) is 29.5 Å². The van der Waals surface area contributed by atoms with Crippen LogP contribution in [0.4, 0.5) is 14.7 Å². The van der Waals surface area contributed by atoms with Crippen molar-refractivity contribution in [2.75, 3.05) is 32.5 Å². The molecule has 2 fully saturated rings. The molecule has 218 valence electrons. The number of aromatic hydroxyl groups is 2. The lowest BCUT2D eigenvalue weighted by atomic mass is 10.1. The van der Waals surface area contributed by atoms with Gasteiger partial charge in [-0.3, -0.25) is 24.7 Å². The molecular formula is C20H21N9O10S2. The minimum atomic E-state index is -4.81. The summed E-state index contributed by atoms with van der Waals surface area (Å²) >= 11 is 1.03. The highest BCUT2D eigenvalue weighted by Crippen LogP contribution is 2.25. The molecule has 7 amide bonds. The molecule has 19 nitrogen and oxygen atoms in total. The summed E-state index contributed by atoms with van der Waals surface area (Å²) in [6.45, 7) is -1.16. The van der Waals surface area contributed by atoms with Gasteiger partial charge in [-0.1, -0.05) is 5.16 Å². The number of hydrogen-bond acceptors (Lipinski definition) is 14. The number of carbonyl (C=O) groups is 5. The van der Waals surface area contributed by atoms with E-state index >= 15 is 0 Å². The Kier molecular flexibility index (Phi) is 7.82. The van der Waals surface area contributed by atoms with E-state index in [1.165, 1.54) is 12.5 Å². The van der Waals surface area contributed by atoms with Crippen molar-refractivity contribution in [1.82, 2.24) is 34.7 Å². The maximum absolute atomic E-state index is 12.7. The van der Waals surface area contributed by atoms with E-state index in [0.29, 0.717) is 9.91 Å². The highest BCUT2D eigenvalue weighted by atomic mass is 32.2. The predicted molar refractivity (Wildman–Crippen MR) is 137 cm³/mol. The van der Waals surface area contributed by atoms with Crippen LogP contribution in [-0.2, 0) is 24.6 Å². The second kappa shape index (κ2) is 11.1. The number of aromatic nitrogens is 1. The first-order chi connectivity index (χ1) is 19.3. The number of hydrogen-bond donors (Lipinski definition) is 6. The number of phenols is 2. The Bertz CT molecular complexity index is 1570. The molecule has 1 aromatic heterocycles. The Morgan fingerprint density at radius 3 is 2.54 bits per heavy atom. The van der Waals surface area contributed by atoms with Crippen molar-refractivity contribution in [2.45, 2.75) is 6.04 Å². The van der Waals surface area contributed by atoms with Gasteiger partial charge in [0, 0.05) is 10.9 Å². The van der Waals surface area contributed by atoms with Crippen molar-refractivity contribution >= 4 is 62.2 Å². The minimum Gasteiger partial charge on any atom is -0.504 e. The lowest BCUT2D eigenvalue weighted by Gasteiger charge is -2.36. The van der Waals surface area contributed by atoms with Crippen molar-refractivity contribution in [3.63, 3.8) is 0 Å². The Hall–Kier alpha value is -5.18. The van der Waals surface area contributed by atoms with Crippen LogP contribution >= 0.6 is 11.3 Å². The third-order valence-electron chi connectivity index (χ3n) is 5.59. The number of rotatable bonds is 8. The number of imide groups is 1. The van der Waals surface area contributed by atoms with Crippen molar-refractivity contribution in [2.24, 2.45) is 5.16 Å². The number of amides is 7. The standard InChI is InChI=1S/C20H21N9O10S2/c1-39-25-14(11-8-40-18(21)23-11)16(33)22-10-7-27(17(10)34)19(35)26-41(37,38)29-5-4-28(20(29)36)24-15(32)9-2-3-12(30)13(31)6-9/h2-3,6,8,10,30-31H,4-5,7H2,1H3,(H2,21,23)(H,22,33)(H,24,32)(H,26,35)/t10-/m0/s1. The number of hydrazine groups is 1. The van der Waals surface area contributed by atoms with Crippen molar-refractivity contribution in [1.29, 1.82) is 0 Å². The maximum Gasteiger partial charge on any atom is 0.353 e. The van der Waals surface area contributed by atoms with Gasteiger partial charge < -0.3 is 26.1 Å². The maximum atomic E-state index is 12.7. The second-order valence-electron chi connectivity index (χ2n) is 8.23. The number of nitrogens with one attached hydrogen (secondary N) is 3. The van der Waals surface area contributed by atoms with Crippen LogP contribution < -0.4 is 21.2 Å². The molecule has 2 saturated heterocycles. The number of oxime groups is 1. The Morgan fingerprint density at radius 1 is 1.20 bits per heavy atom. The molecule has 0 spiro atoms. The quantitative estimate of drug-likeness (QED) is 0.0807. The number of benzene rings is 1. The van der Waals surface area contributed by atoms with Crippen LogP contribution in [0.15, 0.2) is 28.7 Å². The lowest BCUT2D eigenvalue weighted by Crippen LogP contribution is -2.68. The van der Waals surface area contributed by atoms with E-state index in [4.69, 9.17) is 5.73 Å². The fraction of sp³-hybridized carbons (Fsp3) is 0.250. The zero-order valence-corrected chi connectivity index (χ0v) is 22.4. The average Bonchev–Trinajstić information content (AvgIpc) is 3.51. The molecule has 2 aromatic rings. The molecule has 0 bridgehead atoms. The molecule has 0 saturated carbocycles. The zero-order chi connectivity index (χ0) is 30.1. The van der Waals surface area contributed by atoms with Gasteiger partial charge in [0.15, 0.2) is 22.3 Å². The molecule has 2 aliphatic rings. The lowest BCUT2D eigenvalue weighted by molar-refractivity contribution is -0.141. The number of nitrogen functional groups attached to an aromatic ring is 1. The van der Waals surface area contributed by atoms with Gasteiger partial charge in [-0.2, -0.15) is 8.42 Å². The SMILES string of the molecule is CON=C(C(=O)N[C@H]1CN(C(=O)NS(=O)(=O)N2CCN(NC(=O)c3ccc(O)c(O)c3)C2=O)C1=O)c1csc(N)n1. The Morgan fingerprint density at radius 2 is 1.93 bits per heavy atom. The van der Waals surface area contributed by atoms with E-state index in [1.54, 1.807) is 4.72 Å². The van der Waals surface area contributed by atoms with Crippen LogP contribution in [0.1, 0.15) is 16.1 Å². The first-order valence-electron chi connectivity index (χ1n) is 11.3. The van der Waals surface area contributed by atoms with Gasteiger partial charge in [0.2, 0.25) is 0 Å². The molecular weight excluding hydrogens is 590 g/mol. The monoisotopic (exact) mass is 611 g/mol. The summed E-state index contributed by atoms with van der Waals surface area (Å²) in [6, 6.07) is -0.673. The molecule has 0 radical (unpaired) electrons. The summed E-state index contributed by atoms with van der Waals surface area (Å²) in [5, 5.41) is 27.0. The third kappa shape index (κ3) is 5.89. The van der Waals surface area contributed by atoms with Gasteiger partial charge in [0.1, 0.15) is 18.8 Å². The predicted octanol–water partition coefficient (Wildman–Crippen LogP) is -2.15. The molecule has 41 heavy (non-hydrogen) atoms. The van der Waals surface area contributed by atoms with Crippen LogP contribution in [0.5, 0.6) is 11.5 Å². The average molecular weight is 612 g/mol. The van der Waals surface area contributed by atoms with Crippen molar-refractivity contribution < 1.29 is 47.4 Å².